The lowest BCUT2D eigenvalue weighted by molar-refractivity contribution is -0.124. The Balaban J connectivity index is 0.00000306. The van der Waals surface area contributed by atoms with Crippen LogP contribution in [0.25, 0.3) is 0 Å². The van der Waals surface area contributed by atoms with Gasteiger partial charge in [-0.25, -0.2) is 0 Å². The number of anilines is 1. The second-order valence-electron chi connectivity index (χ2n) is 8.34. The van der Waals surface area contributed by atoms with Crippen molar-refractivity contribution in [3.8, 4) is 0 Å². The number of nitrogens with one attached hydrogen (secondary N) is 2. The highest BCUT2D eigenvalue weighted by Gasteiger charge is 2.23. The SMILES string of the molecule is CN=C(NCc1cccc(NC(=O)C2CCCO2)c1)N1CCN(Cc2ccccc2)CC1.I. The minimum Gasteiger partial charge on any atom is -0.368 e. The average molecular weight is 563 g/mol. The fourth-order valence-corrected chi connectivity index (χ4v) is 4.24. The zero-order chi connectivity index (χ0) is 22.2. The summed E-state index contributed by atoms with van der Waals surface area (Å²) in [6.45, 7) is 6.24. The predicted octanol–water partition coefficient (Wildman–Crippen LogP) is 3.32. The van der Waals surface area contributed by atoms with E-state index in [9.17, 15) is 4.79 Å². The Morgan fingerprint density at radius 1 is 1.06 bits per heavy atom. The predicted molar refractivity (Wildman–Crippen MR) is 143 cm³/mol. The number of piperazine rings is 1. The third kappa shape index (κ3) is 7.41. The molecule has 2 saturated heterocycles. The Kier molecular flexibility index (Phi) is 9.95. The quantitative estimate of drug-likeness (QED) is 0.321. The highest BCUT2D eigenvalue weighted by atomic mass is 127. The van der Waals surface area contributed by atoms with Crippen molar-refractivity contribution in [2.75, 3.05) is 45.2 Å². The monoisotopic (exact) mass is 563 g/mol. The zero-order valence-electron chi connectivity index (χ0n) is 19.2. The van der Waals surface area contributed by atoms with Crippen LogP contribution in [0.15, 0.2) is 59.6 Å². The van der Waals surface area contributed by atoms with Crippen LogP contribution in [0.5, 0.6) is 0 Å². The summed E-state index contributed by atoms with van der Waals surface area (Å²) in [6, 6.07) is 18.6. The molecule has 0 bridgehead atoms. The number of halogens is 1. The Bertz CT molecular complexity index is 910. The molecule has 2 aromatic carbocycles. The smallest absolute Gasteiger partial charge is 0.253 e. The van der Waals surface area contributed by atoms with E-state index in [0.29, 0.717) is 13.2 Å². The molecule has 33 heavy (non-hydrogen) atoms. The Hall–Kier alpha value is -2.17. The maximum Gasteiger partial charge on any atom is 0.253 e. The maximum atomic E-state index is 12.3. The fraction of sp³-hybridized carbons (Fsp3) is 0.440. The van der Waals surface area contributed by atoms with Crippen LogP contribution in [0.1, 0.15) is 24.0 Å². The molecule has 2 aromatic rings. The van der Waals surface area contributed by atoms with Gasteiger partial charge >= 0.3 is 0 Å². The summed E-state index contributed by atoms with van der Waals surface area (Å²) in [6.07, 6.45) is 1.42. The second kappa shape index (κ2) is 12.9. The molecule has 0 radical (unpaired) electrons. The minimum atomic E-state index is -0.323. The Morgan fingerprint density at radius 2 is 1.82 bits per heavy atom. The van der Waals surface area contributed by atoms with Gasteiger partial charge in [-0.05, 0) is 36.1 Å². The normalized spacial score (nSPS) is 19.1. The van der Waals surface area contributed by atoms with Gasteiger partial charge in [0, 0.05) is 58.6 Å². The average Bonchev–Trinajstić information content (AvgIpc) is 3.37. The summed E-state index contributed by atoms with van der Waals surface area (Å²) in [7, 11) is 1.83. The van der Waals surface area contributed by atoms with E-state index in [1.807, 2.05) is 25.2 Å². The molecule has 0 saturated carbocycles. The number of nitrogens with zero attached hydrogens (tertiary/aromatic N) is 3. The molecule has 2 heterocycles. The van der Waals surface area contributed by atoms with Crippen molar-refractivity contribution in [3.05, 3.63) is 65.7 Å². The molecular formula is C25H34IN5O2. The summed E-state index contributed by atoms with van der Waals surface area (Å²) in [5.41, 5.74) is 3.25. The van der Waals surface area contributed by atoms with E-state index in [1.54, 1.807) is 0 Å². The van der Waals surface area contributed by atoms with Gasteiger partial charge in [-0.1, -0.05) is 42.5 Å². The standard InChI is InChI=1S/C25H33N5O2.HI/c1-26-25(30-14-12-29(13-15-30)19-20-7-3-2-4-8-20)27-18-21-9-5-10-22(17-21)28-24(31)23-11-6-16-32-23;/h2-5,7-10,17,23H,6,11-16,18-19H2,1H3,(H,26,27)(H,28,31);1H. The van der Waals surface area contributed by atoms with Crippen LogP contribution < -0.4 is 10.6 Å². The number of ether oxygens (including phenoxy) is 1. The molecule has 1 amide bonds. The van der Waals surface area contributed by atoms with Gasteiger partial charge in [-0.15, -0.1) is 24.0 Å². The first-order valence-corrected chi connectivity index (χ1v) is 11.4. The molecule has 2 aliphatic rings. The lowest BCUT2D eigenvalue weighted by atomic mass is 10.2. The van der Waals surface area contributed by atoms with Gasteiger partial charge in [-0.3, -0.25) is 14.7 Å². The van der Waals surface area contributed by atoms with E-state index >= 15 is 0 Å². The zero-order valence-corrected chi connectivity index (χ0v) is 21.5. The number of amides is 1. The molecule has 1 unspecified atom stereocenters. The van der Waals surface area contributed by atoms with Crippen LogP contribution in [-0.4, -0.2) is 67.6 Å². The van der Waals surface area contributed by atoms with Crippen LogP contribution in [-0.2, 0) is 22.6 Å². The van der Waals surface area contributed by atoms with Crippen molar-refractivity contribution in [2.24, 2.45) is 4.99 Å². The summed E-state index contributed by atoms with van der Waals surface area (Å²) in [5.74, 6) is 0.856. The molecular weight excluding hydrogens is 529 g/mol. The number of benzene rings is 2. The van der Waals surface area contributed by atoms with Crippen LogP contribution >= 0.6 is 24.0 Å². The van der Waals surface area contributed by atoms with Gasteiger partial charge < -0.3 is 20.3 Å². The molecule has 0 spiro atoms. The summed E-state index contributed by atoms with van der Waals surface area (Å²) in [5, 5.41) is 6.45. The molecule has 2 aliphatic heterocycles. The van der Waals surface area contributed by atoms with E-state index in [2.05, 4.69) is 61.8 Å². The molecule has 1 atom stereocenters. The van der Waals surface area contributed by atoms with Gasteiger partial charge in [0.15, 0.2) is 5.96 Å². The molecule has 178 valence electrons. The van der Waals surface area contributed by atoms with Crippen molar-refractivity contribution in [1.29, 1.82) is 0 Å². The van der Waals surface area contributed by atoms with Crippen LogP contribution in [0.3, 0.4) is 0 Å². The summed E-state index contributed by atoms with van der Waals surface area (Å²) < 4.78 is 5.47. The molecule has 8 heteroatoms. The van der Waals surface area contributed by atoms with Gasteiger partial charge in [-0.2, -0.15) is 0 Å². The van der Waals surface area contributed by atoms with Gasteiger partial charge in [0.25, 0.3) is 5.91 Å². The lowest BCUT2D eigenvalue weighted by Gasteiger charge is -2.36. The number of hydrogen-bond donors (Lipinski definition) is 2. The third-order valence-corrected chi connectivity index (χ3v) is 6.00. The number of rotatable bonds is 6. The first-order chi connectivity index (χ1) is 15.7. The topological polar surface area (TPSA) is 69.2 Å². The van der Waals surface area contributed by atoms with Crippen molar-refractivity contribution < 1.29 is 9.53 Å². The summed E-state index contributed by atoms with van der Waals surface area (Å²) >= 11 is 0. The van der Waals surface area contributed by atoms with E-state index in [-0.39, 0.29) is 36.0 Å². The van der Waals surface area contributed by atoms with Crippen LogP contribution in [0, 0.1) is 0 Å². The fourth-order valence-electron chi connectivity index (χ4n) is 4.24. The largest absolute Gasteiger partial charge is 0.368 e. The van der Waals surface area contributed by atoms with Crippen molar-refractivity contribution in [3.63, 3.8) is 0 Å². The van der Waals surface area contributed by atoms with E-state index in [4.69, 9.17) is 4.74 Å². The molecule has 2 N–H and O–H groups in total. The van der Waals surface area contributed by atoms with Crippen molar-refractivity contribution in [1.82, 2.24) is 15.1 Å². The van der Waals surface area contributed by atoms with Crippen LogP contribution in [0.4, 0.5) is 5.69 Å². The second-order valence-corrected chi connectivity index (χ2v) is 8.34. The number of guanidine groups is 1. The maximum absolute atomic E-state index is 12.3. The number of hydrogen-bond acceptors (Lipinski definition) is 4. The van der Waals surface area contributed by atoms with Gasteiger partial charge in [0.05, 0.1) is 0 Å². The molecule has 0 aliphatic carbocycles. The Morgan fingerprint density at radius 3 is 2.52 bits per heavy atom. The van der Waals surface area contributed by atoms with E-state index in [1.165, 1.54) is 5.56 Å². The molecule has 2 fully saturated rings. The highest BCUT2D eigenvalue weighted by Crippen LogP contribution is 2.16. The number of aliphatic imine (C=N–C) groups is 1. The van der Waals surface area contributed by atoms with Crippen molar-refractivity contribution in [2.45, 2.75) is 32.0 Å². The van der Waals surface area contributed by atoms with Gasteiger partial charge in [0.1, 0.15) is 6.10 Å². The Labute approximate surface area is 213 Å². The number of carbonyl (C=O) groups is 1. The molecule has 0 aromatic heterocycles. The summed E-state index contributed by atoms with van der Waals surface area (Å²) in [4.78, 5) is 21.6. The van der Waals surface area contributed by atoms with E-state index < -0.39 is 0 Å². The first kappa shape index (κ1) is 25.5. The van der Waals surface area contributed by atoms with Crippen LogP contribution in [0.2, 0.25) is 0 Å². The first-order valence-electron chi connectivity index (χ1n) is 11.4. The molecule has 7 nitrogen and oxygen atoms in total. The minimum absolute atomic E-state index is 0. The van der Waals surface area contributed by atoms with Gasteiger partial charge in [0.2, 0.25) is 0 Å². The third-order valence-electron chi connectivity index (χ3n) is 6.00. The highest BCUT2D eigenvalue weighted by molar-refractivity contribution is 14.0. The lowest BCUT2D eigenvalue weighted by Crippen LogP contribution is -2.52. The van der Waals surface area contributed by atoms with Crippen molar-refractivity contribution >= 4 is 41.5 Å². The number of carbonyl (C=O) groups excluding carboxylic acids is 1. The molecule has 4 rings (SSSR count). The van der Waals surface area contributed by atoms with E-state index in [0.717, 1.165) is 62.8 Å².